The lowest BCUT2D eigenvalue weighted by Crippen LogP contribution is -2.14. The van der Waals surface area contributed by atoms with Gasteiger partial charge in [0.15, 0.2) is 0 Å². The molecule has 1 rings (SSSR count). The van der Waals surface area contributed by atoms with Gasteiger partial charge in [0.1, 0.15) is 4.57 Å². The molecular weight excluding hydrogens is 563 g/mol. The predicted molar refractivity (Wildman–Crippen MR) is 167 cm³/mol. The van der Waals surface area contributed by atoms with Crippen LogP contribution in [-0.4, -0.2) is 18.5 Å². The highest BCUT2D eigenvalue weighted by molar-refractivity contribution is 9.11. The highest BCUT2D eigenvalue weighted by Gasteiger charge is 2.44. The van der Waals surface area contributed by atoms with E-state index >= 15 is 0 Å². The van der Waals surface area contributed by atoms with E-state index in [0.717, 1.165) is 0 Å². The summed E-state index contributed by atoms with van der Waals surface area (Å²) in [4.78, 5) is 0. The first kappa shape index (κ1) is 32.6. The zero-order chi connectivity index (χ0) is 24.9. The van der Waals surface area contributed by atoms with Gasteiger partial charge in [-0.15, -0.1) is 0 Å². The molecule has 0 heterocycles. The van der Waals surface area contributed by atoms with Crippen molar-refractivity contribution in [1.29, 1.82) is 0 Å². The maximum atomic E-state index is 4.36. The van der Waals surface area contributed by atoms with E-state index in [9.17, 15) is 0 Å². The van der Waals surface area contributed by atoms with Crippen molar-refractivity contribution in [3.8, 4) is 0 Å². The Balaban J connectivity index is 2.91. The van der Waals surface area contributed by atoms with Gasteiger partial charge in [-0.05, 0) is 60.5 Å². The molecule has 0 N–H and O–H groups in total. The summed E-state index contributed by atoms with van der Waals surface area (Å²) in [5, 5.41) is 0. The predicted octanol–water partition coefficient (Wildman–Crippen LogP) is 12.9. The van der Waals surface area contributed by atoms with Gasteiger partial charge in [0.05, 0.1) is 18.5 Å². The summed E-state index contributed by atoms with van der Waals surface area (Å²) < 4.78 is 1.85. The largest absolute Gasteiger partial charge is 0.149 e. The fraction of sp³-hybridized carbons (Fsp3) is 0.806. The Hall–Kier alpha value is 0.610. The van der Waals surface area contributed by atoms with Crippen LogP contribution in [0, 0.1) is 0 Å². The number of rotatable bonds is 23. The highest BCUT2D eigenvalue weighted by atomic mass is 79.9. The number of benzene rings is 1. The van der Waals surface area contributed by atoms with Crippen LogP contribution in [0.4, 0.5) is 0 Å². The molecule has 3 heteroatoms. The summed E-state index contributed by atoms with van der Waals surface area (Å²) in [7, 11) is -1.12. The molecular formula is C31H56Br2P+. The fourth-order valence-electron chi connectivity index (χ4n) is 5.26. The van der Waals surface area contributed by atoms with Crippen LogP contribution in [0.3, 0.4) is 0 Å². The lowest BCUT2D eigenvalue weighted by Gasteiger charge is -2.33. The number of hydrogen-bond acceptors (Lipinski definition) is 0. The molecule has 34 heavy (non-hydrogen) atoms. The molecule has 0 saturated heterocycles. The summed E-state index contributed by atoms with van der Waals surface area (Å²) >= 11 is 8.27. The fourth-order valence-corrected chi connectivity index (χ4v) is 13.2. The van der Waals surface area contributed by atoms with E-state index in [1.165, 1.54) is 144 Å². The van der Waals surface area contributed by atoms with Gasteiger partial charge < -0.3 is 0 Å². The van der Waals surface area contributed by atoms with Gasteiger partial charge in [-0.1, -0.05) is 132 Å². The molecule has 0 aliphatic carbocycles. The maximum Gasteiger partial charge on any atom is 0.149 e. The zero-order valence-corrected chi connectivity index (χ0v) is 27.0. The monoisotopic (exact) mass is 617 g/mol. The molecule has 0 nitrogen and oxygen atoms in total. The van der Waals surface area contributed by atoms with Crippen molar-refractivity contribution < 1.29 is 0 Å². The molecule has 0 aliphatic rings. The minimum atomic E-state index is -1.12. The van der Waals surface area contributed by atoms with Crippen LogP contribution in [0.25, 0.3) is 0 Å². The second kappa shape index (κ2) is 21.7. The second-order valence-corrected chi connectivity index (χ2v) is 17.3. The van der Waals surface area contributed by atoms with Gasteiger partial charge in [-0.25, -0.2) is 0 Å². The third-order valence-electron chi connectivity index (χ3n) is 7.51. The van der Waals surface area contributed by atoms with Crippen molar-refractivity contribution in [3.63, 3.8) is 0 Å². The number of alkyl halides is 1. The molecule has 1 unspecified atom stereocenters. The molecule has 0 radical (unpaired) electrons. The van der Waals surface area contributed by atoms with Crippen molar-refractivity contribution in [1.82, 2.24) is 0 Å². The molecule has 1 aromatic rings. The van der Waals surface area contributed by atoms with E-state index in [1.54, 1.807) is 0 Å². The molecule has 1 aromatic carbocycles. The van der Waals surface area contributed by atoms with Gasteiger partial charge in [-0.3, -0.25) is 0 Å². The first-order valence-electron chi connectivity index (χ1n) is 14.9. The van der Waals surface area contributed by atoms with Crippen LogP contribution in [0.15, 0.2) is 28.7 Å². The van der Waals surface area contributed by atoms with Gasteiger partial charge in [-0.2, -0.15) is 0 Å². The standard InChI is InChI=1S/C31H56Br2P/c1-4-7-10-13-16-21-26-34(27-22-17-14-11-8-5-2,28-23-18-15-12-9-6-3)31(33)29-24-19-20-25-30(29)32/h19-20,24-25,31H,4-18,21-23,26-28H2,1-3H3/q+1. The lowest BCUT2D eigenvalue weighted by atomic mass is 10.1. The van der Waals surface area contributed by atoms with Gasteiger partial charge in [0, 0.05) is 17.3 Å². The summed E-state index contributed by atoms with van der Waals surface area (Å²) in [6.45, 7) is 6.97. The third kappa shape index (κ3) is 13.8. The Morgan fingerprint density at radius 2 is 0.912 bits per heavy atom. The number of halogens is 2. The van der Waals surface area contributed by atoms with Crippen LogP contribution < -0.4 is 0 Å². The second-order valence-electron chi connectivity index (χ2n) is 10.5. The lowest BCUT2D eigenvalue weighted by molar-refractivity contribution is 0.615. The van der Waals surface area contributed by atoms with E-state index < -0.39 is 7.26 Å². The van der Waals surface area contributed by atoms with E-state index in [4.69, 9.17) is 0 Å². The summed E-state index contributed by atoms with van der Waals surface area (Å²) in [6, 6.07) is 9.03. The zero-order valence-electron chi connectivity index (χ0n) is 22.9. The van der Waals surface area contributed by atoms with Crippen LogP contribution in [0.5, 0.6) is 0 Å². The Morgan fingerprint density at radius 1 is 0.559 bits per heavy atom. The van der Waals surface area contributed by atoms with Crippen molar-refractivity contribution in [2.45, 2.75) is 141 Å². The molecule has 198 valence electrons. The quantitative estimate of drug-likeness (QED) is 0.0650. The smallest absolute Gasteiger partial charge is 0.0654 e. The first-order valence-corrected chi connectivity index (χ1v) is 19.0. The molecule has 0 amide bonds. The SMILES string of the molecule is CCCCCCCC[P+](CCCCCCCC)(CCCCCCCC)C(Br)c1ccccc1Br. The minimum absolute atomic E-state index is 0.553. The summed E-state index contributed by atoms with van der Waals surface area (Å²) in [5.74, 6) is 0. The average molecular weight is 620 g/mol. The van der Waals surface area contributed by atoms with Crippen molar-refractivity contribution in [2.75, 3.05) is 18.5 Å². The first-order chi connectivity index (χ1) is 16.6. The normalized spacial score (nSPS) is 12.9. The van der Waals surface area contributed by atoms with Crippen LogP contribution in [0.1, 0.15) is 146 Å². The Morgan fingerprint density at radius 3 is 1.29 bits per heavy atom. The molecule has 0 aliphatic heterocycles. The van der Waals surface area contributed by atoms with Crippen molar-refractivity contribution in [3.05, 3.63) is 34.3 Å². The summed E-state index contributed by atoms with van der Waals surface area (Å²) in [5.41, 5.74) is 1.51. The van der Waals surface area contributed by atoms with Crippen LogP contribution in [0.2, 0.25) is 0 Å². The third-order valence-corrected chi connectivity index (χ3v) is 16.2. The van der Waals surface area contributed by atoms with Crippen molar-refractivity contribution in [2.24, 2.45) is 0 Å². The van der Waals surface area contributed by atoms with E-state index in [-0.39, 0.29) is 0 Å². The van der Waals surface area contributed by atoms with Gasteiger partial charge in [0.25, 0.3) is 0 Å². The highest BCUT2D eigenvalue weighted by Crippen LogP contribution is 2.74. The van der Waals surface area contributed by atoms with Crippen LogP contribution in [-0.2, 0) is 0 Å². The van der Waals surface area contributed by atoms with Gasteiger partial charge >= 0.3 is 0 Å². The van der Waals surface area contributed by atoms with E-state index in [2.05, 4.69) is 76.9 Å². The Labute approximate surface area is 231 Å². The topological polar surface area (TPSA) is 0 Å². The molecule has 1 atom stereocenters. The maximum absolute atomic E-state index is 4.36. The number of unbranched alkanes of at least 4 members (excludes halogenated alkanes) is 15. The summed E-state index contributed by atoms with van der Waals surface area (Å²) in [6.07, 6.45) is 29.9. The molecule has 0 aromatic heterocycles. The molecule has 0 fully saturated rings. The Bertz CT molecular complexity index is 548. The van der Waals surface area contributed by atoms with Crippen LogP contribution >= 0.6 is 39.1 Å². The minimum Gasteiger partial charge on any atom is -0.0654 e. The molecule has 0 bridgehead atoms. The molecule has 0 spiro atoms. The molecule has 0 saturated carbocycles. The number of hydrogen-bond donors (Lipinski definition) is 0. The van der Waals surface area contributed by atoms with E-state index in [0.29, 0.717) is 4.57 Å². The van der Waals surface area contributed by atoms with Crippen molar-refractivity contribution >= 4 is 39.1 Å². The average Bonchev–Trinajstić information content (AvgIpc) is 2.85. The van der Waals surface area contributed by atoms with E-state index in [1.807, 2.05) is 0 Å². The van der Waals surface area contributed by atoms with Gasteiger partial charge in [0.2, 0.25) is 0 Å². The Kier molecular flexibility index (Phi) is 20.8.